The van der Waals surface area contributed by atoms with Gasteiger partial charge < -0.3 is 5.73 Å². The Labute approximate surface area is 132 Å². The number of hydrogen-bond donors (Lipinski definition) is 1. The fourth-order valence-electron chi connectivity index (χ4n) is 3.03. The van der Waals surface area contributed by atoms with Crippen molar-refractivity contribution in [2.75, 3.05) is 19.6 Å². The van der Waals surface area contributed by atoms with Crippen LogP contribution in [0.3, 0.4) is 0 Å². The Hall–Kier alpha value is -0.280. The standard InChI is InChI=1S/C16H24Cl2N2/c1-16(2,3)11-7-8-20(10-11)14(9-19)12-5-4-6-13(17)15(12)18/h4-6,11,14H,7-10,19H2,1-3H3. The molecule has 1 fully saturated rings. The monoisotopic (exact) mass is 314 g/mol. The second kappa shape index (κ2) is 6.23. The number of halogens is 2. The minimum atomic E-state index is 0.161. The lowest BCUT2D eigenvalue weighted by atomic mass is 9.80. The smallest absolute Gasteiger partial charge is 0.0640 e. The van der Waals surface area contributed by atoms with E-state index in [0.717, 1.165) is 18.7 Å². The van der Waals surface area contributed by atoms with Gasteiger partial charge in [-0.15, -0.1) is 0 Å². The molecular formula is C16H24Cl2N2. The van der Waals surface area contributed by atoms with E-state index in [9.17, 15) is 0 Å². The van der Waals surface area contributed by atoms with Crippen molar-refractivity contribution in [3.63, 3.8) is 0 Å². The van der Waals surface area contributed by atoms with Gasteiger partial charge in [0.15, 0.2) is 0 Å². The van der Waals surface area contributed by atoms with Gasteiger partial charge >= 0.3 is 0 Å². The van der Waals surface area contributed by atoms with Crippen LogP contribution in [0.1, 0.15) is 38.8 Å². The highest BCUT2D eigenvalue weighted by molar-refractivity contribution is 6.42. The van der Waals surface area contributed by atoms with Gasteiger partial charge in [-0.05, 0) is 35.9 Å². The van der Waals surface area contributed by atoms with Crippen molar-refractivity contribution in [2.45, 2.75) is 33.2 Å². The number of nitrogens with two attached hydrogens (primary N) is 1. The number of nitrogens with zero attached hydrogens (tertiary/aromatic N) is 1. The van der Waals surface area contributed by atoms with Gasteiger partial charge in [-0.1, -0.05) is 56.1 Å². The van der Waals surface area contributed by atoms with Crippen molar-refractivity contribution in [2.24, 2.45) is 17.1 Å². The van der Waals surface area contributed by atoms with Crippen LogP contribution in [0.4, 0.5) is 0 Å². The quantitative estimate of drug-likeness (QED) is 0.898. The zero-order valence-corrected chi connectivity index (χ0v) is 14.0. The molecule has 1 saturated heterocycles. The highest BCUT2D eigenvalue weighted by atomic mass is 35.5. The van der Waals surface area contributed by atoms with Gasteiger partial charge in [0.2, 0.25) is 0 Å². The summed E-state index contributed by atoms with van der Waals surface area (Å²) in [6.45, 7) is 9.65. The largest absolute Gasteiger partial charge is 0.329 e. The number of benzene rings is 1. The highest BCUT2D eigenvalue weighted by Crippen LogP contribution is 2.39. The van der Waals surface area contributed by atoms with E-state index in [-0.39, 0.29) is 6.04 Å². The summed E-state index contributed by atoms with van der Waals surface area (Å²) in [7, 11) is 0. The summed E-state index contributed by atoms with van der Waals surface area (Å²) in [4.78, 5) is 2.45. The van der Waals surface area contributed by atoms with E-state index in [1.54, 1.807) is 0 Å². The summed E-state index contributed by atoms with van der Waals surface area (Å²) in [5.41, 5.74) is 7.41. The van der Waals surface area contributed by atoms with Crippen molar-refractivity contribution >= 4 is 23.2 Å². The normalized spacial score (nSPS) is 22.2. The lowest BCUT2D eigenvalue weighted by molar-refractivity contribution is 0.197. The van der Waals surface area contributed by atoms with Crippen molar-refractivity contribution < 1.29 is 0 Å². The summed E-state index contributed by atoms with van der Waals surface area (Å²) < 4.78 is 0. The first-order valence-corrected chi connectivity index (χ1v) is 7.98. The van der Waals surface area contributed by atoms with Gasteiger partial charge in [0.05, 0.1) is 10.0 Å². The molecule has 112 valence electrons. The van der Waals surface area contributed by atoms with E-state index in [1.165, 1.54) is 6.42 Å². The van der Waals surface area contributed by atoms with Crippen molar-refractivity contribution in [1.82, 2.24) is 4.90 Å². The molecule has 0 saturated carbocycles. The molecule has 1 aromatic rings. The fraction of sp³-hybridized carbons (Fsp3) is 0.625. The summed E-state index contributed by atoms with van der Waals surface area (Å²) in [6, 6.07) is 5.97. The third-order valence-corrected chi connectivity index (χ3v) is 5.28. The van der Waals surface area contributed by atoms with E-state index in [0.29, 0.717) is 27.9 Å². The molecule has 0 aromatic heterocycles. The molecule has 0 amide bonds. The Morgan fingerprint density at radius 3 is 2.60 bits per heavy atom. The van der Waals surface area contributed by atoms with Crippen LogP contribution in [0.15, 0.2) is 18.2 Å². The predicted octanol–water partition coefficient (Wildman–Crippen LogP) is 4.36. The Morgan fingerprint density at radius 2 is 2.05 bits per heavy atom. The SMILES string of the molecule is CC(C)(C)C1CCN(C(CN)c2cccc(Cl)c2Cl)C1. The van der Waals surface area contributed by atoms with Crippen molar-refractivity contribution in [1.29, 1.82) is 0 Å². The molecule has 1 aliphatic rings. The summed E-state index contributed by atoms with van der Waals surface area (Å²) >= 11 is 12.5. The molecule has 1 aliphatic heterocycles. The molecule has 2 N–H and O–H groups in total. The maximum atomic E-state index is 6.36. The molecular weight excluding hydrogens is 291 g/mol. The van der Waals surface area contributed by atoms with E-state index in [2.05, 4.69) is 25.7 Å². The topological polar surface area (TPSA) is 29.3 Å². The molecule has 0 aliphatic carbocycles. The Balaban J connectivity index is 2.20. The van der Waals surface area contributed by atoms with Crippen LogP contribution in [0, 0.1) is 11.3 Å². The maximum absolute atomic E-state index is 6.36. The van der Waals surface area contributed by atoms with Gasteiger partial charge in [-0.25, -0.2) is 0 Å². The zero-order valence-electron chi connectivity index (χ0n) is 12.5. The first-order chi connectivity index (χ1) is 9.34. The Bertz CT molecular complexity index is 468. The molecule has 20 heavy (non-hydrogen) atoms. The number of likely N-dealkylation sites (tertiary alicyclic amines) is 1. The summed E-state index contributed by atoms with van der Waals surface area (Å²) in [5, 5.41) is 1.25. The lowest BCUT2D eigenvalue weighted by Crippen LogP contribution is -2.33. The number of rotatable bonds is 3. The molecule has 2 atom stereocenters. The van der Waals surface area contributed by atoms with Crippen LogP contribution in [0.5, 0.6) is 0 Å². The molecule has 2 rings (SSSR count). The maximum Gasteiger partial charge on any atom is 0.0640 e. The zero-order chi connectivity index (χ0) is 14.9. The van der Waals surface area contributed by atoms with Crippen molar-refractivity contribution in [3.8, 4) is 0 Å². The van der Waals surface area contributed by atoms with Crippen LogP contribution >= 0.6 is 23.2 Å². The molecule has 1 aromatic carbocycles. The molecule has 0 spiro atoms. The highest BCUT2D eigenvalue weighted by Gasteiger charge is 2.35. The second-order valence-electron chi connectivity index (χ2n) is 6.74. The van der Waals surface area contributed by atoms with Gasteiger partial charge in [-0.2, -0.15) is 0 Å². The van der Waals surface area contributed by atoms with E-state index in [4.69, 9.17) is 28.9 Å². The average Bonchev–Trinajstić information content (AvgIpc) is 2.85. The molecule has 4 heteroatoms. The second-order valence-corrected chi connectivity index (χ2v) is 7.53. The van der Waals surface area contributed by atoms with E-state index < -0.39 is 0 Å². The van der Waals surface area contributed by atoms with Gasteiger partial charge in [0.1, 0.15) is 0 Å². The first kappa shape index (κ1) is 16.1. The molecule has 2 nitrogen and oxygen atoms in total. The molecule has 1 heterocycles. The lowest BCUT2D eigenvalue weighted by Gasteiger charge is -2.31. The van der Waals surface area contributed by atoms with Gasteiger partial charge in [0, 0.05) is 19.1 Å². The summed E-state index contributed by atoms with van der Waals surface area (Å²) in [5.74, 6) is 0.703. The van der Waals surface area contributed by atoms with Crippen LogP contribution in [-0.2, 0) is 0 Å². The summed E-state index contributed by atoms with van der Waals surface area (Å²) in [6.07, 6.45) is 1.22. The third-order valence-electron chi connectivity index (χ3n) is 4.45. The van der Waals surface area contributed by atoms with Crippen LogP contribution in [0.2, 0.25) is 10.0 Å². The third kappa shape index (κ3) is 3.30. The Kier molecular flexibility index (Phi) is 5.01. The molecule has 0 radical (unpaired) electrons. The minimum Gasteiger partial charge on any atom is -0.329 e. The number of hydrogen-bond acceptors (Lipinski definition) is 2. The first-order valence-electron chi connectivity index (χ1n) is 7.22. The average molecular weight is 315 g/mol. The fourth-order valence-corrected chi connectivity index (χ4v) is 3.46. The van der Waals surface area contributed by atoms with E-state index >= 15 is 0 Å². The predicted molar refractivity (Wildman–Crippen MR) is 87.4 cm³/mol. The minimum absolute atomic E-state index is 0.161. The molecule has 0 bridgehead atoms. The van der Waals surface area contributed by atoms with E-state index in [1.807, 2.05) is 18.2 Å². The van der Waals surface area contributed by atoms with Crippen molar-refractivity contribution in [3.05, 3.63) is 33.8 Å². The van der Waals surface area contributed by atoms with Gasteiger partial charge in [0.25, 0.3) is 0 Å². The molecule has 2 unspecified atom stereocenters. The van der Waals surface area contributed by atoms with Crippen LogP contribution in [-0.4, -0.2) is 24.5 Å². The van der Waals surface area contributed by atoms with Crippen LogP contribution < -0.4 is 5.73 Å². The van der Waals surface area contributed by atoms with Crippen LogP contribution in [0.25, 0.3) is 0 Å². The Morgan fingerprint density at radius 1 is 1.35 bits per heavy atom. The van der Waals surface area contributed by atoms with Gasteiger partial charge in [-0.3, -0.25) is 4.90 Å².